The Morgan fingerprint density at radius 1 is 1.25 bits per heavy atom. The van der Waals surface area contributed by atoms with Gasteiger partial charge in [-0.15, -0.1) is 0 Å². The molecule has 1 atom stereocenters. The van der Waals surface area contributed by atoms with E-state index in [0.29, 0.717) is 12.6 Å². The van der Waals surface area contributed by atoms with E-state index >= 15 is 0 Å². The molecule has 1 fully saturated rings. The molecule has 1 aliphatic rings. The minimum atomic E-state index is 0.321. The van der Waals surface area contributed by atoms with Crippen molar-refractivity contribution >= 4 is 15.9 Å². The van der Waals surface area contributed by atoms with Crippen molar-refractivity contribution in [3.05, 3.63) is 34.3 Å². The van der Waals surface area contributed by atoms with E-state index in [2.05, 4.69) is 50.4 Å². The highest BCUT2D eigenvalue weighted by atomic mass is 79.9. The Bertz CT molecular complexity index is 383. The summed E-state index contributed by atoms with van der Waals surface area (Å²) in [6, 6.07) is 8.88. The number of nitrogens with zero attached hydrogens (tertiary/aromatic N) is 1. The average molecular weight is 341 g/mol. The fraction of sp³-hybridized carbons (Fsp3) is 0.625. The predicted molar refractivity (Wildman–Crippen MR) is 86.8 cm³/mol. The monoisotopic (exact) mass is 340 g/mol. The van der Waals surface area contributed by atoms with Crippen molar-refractivity contribution in [3.8, 4) is 0 Å². The maximum atomic E-state index is 9.27. The number of likely N-dealkylation sites (tertiary alicyclic amines) is 1. The summed E-state index contributed by atoms with van der Waals surface area (Å²) in [6.07, 6.45) is 4.82. The SMILES string of the molecule is OCC1CCCN1CCCCNCc1ccc(Br)cc1. The molecule has 3 nitrogen and oxygen atoms in total. The highest BCUT2D eigenvalue weighted by Crippen LogP contribution is 2.16. The number of nitrogens with one attached hydrogen (secondary N) is 1. The van der Waals surface area contributed by atoms with Gasteiger partial charge in [0.25, 0.3) is 0 Å². The van der Waals surface area contributed by atoms with Crippen molar-refractivity contribution in [1.82, 2.24) is 10.2 Å². The fourth-order valence-corrected chi connectivity index (χ4v) is 3.06. The molecule has 0 amide bonds. The zero-order chi connectivity index (χ0) is 14.2. The lowest BCUT2D eigenvalue weighted by Gasteiger charge is -2.22. The predicted octanol–water partition coefficient (Wildman–Crippen LogP) is 2.78. The Morgan fingerprint density at radius 3 is 2.80 bits per heavy atom. The summed E-state index contributed by atoms with van der Waals surface area (Å²) in [6.45, 7) is 4.62. The first kappa shape index (κ1) is 16.0. The molecule has 0 saturated carbocycles. The van der Waals surface area contributed by atoms with Crippen LogP contribution in [0.15, 0.2) is 28.7 Å². The number of unbranched alkanes of at least 4 members (excludes halogenated alkanes) is 1. The number of rotatable bonds is 8. The Morgan fingerprint density at radius 2 is 2.05 bits per heavy atom. The highest BCUT2D eigenvalue weighted by molar-refractivity contribution is 9.10. The van der Waals surface area contributed by atoms with E-state index in [1.54, 1.807) is 0 Å². The van der Waals surface area contributed by atoms with E-state index in [4.69, 9.17) is 0 Å². The fourth-order valence-electron chi connectivity index (χ4n) is 2.80. The molecule has 4 heteroatoms. The van der Waals surface area contributed by atoms with Crippen molar-refractivity contribution in [2.75, 3.05) is 26.2 Å². The van der Waals surface area contributed by atoms with Gasteiger partial charge in [0.2, 0.25) is 0 Å². The maximum Gasteiger partial charge on any atom is 0.0586 e. The molecule has 1 aromatic carbocycles. The number of aliphatic hydroxyl groups is 1. The Labute approximate surface area is 130 Å². The molecule has 20 heavy (non-hydrogen) atoms. The number of hydrogen-bond donors (Lipinski definition) is 2. The summed E-state index contributed by atoms with van der Waals surface area (Å²) in [5.74, 6) is 0. The van der Waals surface area contributed by atoms with Crippen LogP contribution in [-0.2, 0) is 6.54 Å². The van der Waals surface area contributed by atoms with Crippen LogP contribution in [0.25, 0.3) is 0 Å². The normalized spacial score (nSPS) is 19.6. The van der Waals surface area contributed by atoms with Gasteiger partial charge in [-0.2, -0.15) is 0 Å². The first-order valence-corrected chi connectivity index (χ1v) is 8.39. The second-order valence-electron chi connectivity index (χ2n) is 5.52. The van der Waals surface area contributed by atoms with Crippen LogP contribution in [0.4, 0.5) is 0 Å². The molecule has 112 valence electrons. The van der Waals surface area contributed by atoms with Gasteiger partial charge in [-0.25, -0.2) is 0 Å². The van der Waals surface area contributed by atoms with Crippen LogP contribution in [0, 0.1) is 0 Å². The Balaban J connectivity index is 1.52. The third-order valence-electron chi connectivity index (χ3n) is 4.00. The summed E-state index contributed by atoms with van der Waals surface area (Å²) >= 11 is 3.45. The molecule has 2 rings (SSSR count). The number of benzene rings is 1. The van der Waals surface area contributed by atoms with Crippen molar-refractivity contribution in [2.45, 2.75) is 38.3 Å². The quantitative estimate of drug-likeness (QED) is 0.714. The first-order valence-electron chi connectivity index (χ1n) is 7.59. The second kappa shape index (κ2) is 8.78. The number of aliphatic hydroxyl groups excluding tert-OH is 1. The molecule has 1 saturated heterocycles. The molecular weight excluding hydrogens is 316 g/mol. The molecule has 0 aromatic heterocycles. The topological polar surface area (TPSA) is 35.5 Å². The van der Waals surface area contributed by atoms with E-state index in [1.807, 2.05) is 0 Å². The van der Waals surface area contributed by atoms with Crippen molar-refractivity contribution in [3.63, 3.8) is 0 Å². The lowest BCUT2D eigenvalue weighted by molar-refractivity contribution is 0.157. The minimum absolute atomic E-state index is 0.321. The van der Waals surface area contributed by atoms with Crippen molar-refractivity contribution in [2.24, 2.45) is 0 Å². The van der Waals surface area contributed by atoms with E-state index in [1.165, 1.54) is 24.8 Å². The van der Waals surface area contributed by atoms with E-state index in [0.717, 1.165) is 37.1 Å². The smallest absolute Gasteiger partial charge is 0.0586 e. The third-order valence-corrected chi connectivity index (χ3v) is 4.53. The zero-order valence-electron chi connectivity index (χ0n) is 12.0. The van der Waals surface area contributed by atoms with Crippen LogP contribution in [0.1, 0.15) is 31.2 Å². The Kier molecular flexibility index (Phi) is 7.00. The second-order valence-corrected chi connectivity index (χ2v) is 6.44. The van der Waals surface area contributed by atoms with Gasteiger partial charge in [0.1, 0.15) is 0 Å². The van der Waals surface area contributed by atoms with E-state index < -0.39 is 0 Å². The molecule has 0 spiro atoms. The van der Waals surface area contributed by atoms with Crippen LogP contribution in [0.5, 0.6) is 0 Å². The van der Waals surface area contributed by atoms with Crippen LogP contribution in [0.3, 0.4) is 0 Å². The first-order chi connectivity index (χ1) is 9.79. The van der Waals surface area contributed by atoms with Crippen molar-refractivity contribution in [1.29, 1.82) is 0 Å². The van der Waals surface area contributed by atoms with Gasteiger partial charge in [0, 0.05) is 17.1 Å². The third kappa shape index (κ3) is 5.17. The van der Waals surface area contributed by atoms with E-state index in [-0.39, 0.29) is 0 Å². The summed E-state index contributed by atoms with van der Waals surface area (Å²) < 4.78 is 1.13. The molecule has 1 aromatic rings. The zero-order valence-corrected chi connectivity index (χ0v) is 13.6. The highest BCUT2D eigenvalue weighted by Gasteiger charge is 2.22. The van der Waals surface area contributed by atoms with Crippen LogP contribution < -0.4 is 5.32 Å². The van der Waals surface area contributed by atoms with Crippen LogP contribution >= 0.6 is 15.9 Å². The maximum absolute atomic E-state index is 9.27. The van der Waals surface area contributed by atoms with Gasteiger partial charge < -0.3 is 10.4 Å². The van der Waals surface area contributed by atoms with Crippen LogP contribution in [0.2, 0.25) is 0 Å². The van der Waals surface area contributed by atoms with Gasteiger partial charge in [-0.3, -0.25) is 4.90 Å². The minimum Gasteiger partial charge on any atom is -0.395 e. The average Bonchev–Trinajstić information content (AvgIpc) is 2.92. The number of halogens is 1. The van der Waals surface area contributed by atoms with Crippen LogP contribution in [-0.4, -0.2) is 42.3 Å². The molecule has 1 heterocycles. The largest absolute Gasteiger partial charge is 0.395 e. The van der Waals surface area contributed by atoms with Gasteiger partial charge >= 0.3 is 0 Å². The molecule has 0 radical (unpaired) electrons. The molecular formula is C16H25BrN2O. The van der Waals surface area contributed by atoms with E-state index in [9.17, 15) is 5.11 Å². The summed E-state index contributed by atoms with van der Waals surface area (Å²) in [4.78, 5) is 2.44. The van der Waals surface area contributed by atoms with Gasteiger partial charge in [-0.1, -0.05) is 28.1 Å². The summed E-state index contributed by atoms with van der Waals surface area (Å²) in [5, 5.41) is 12.8. The molecule has 0 aliphatic carbocycles. The summed E-state index contributed by atoms with van der Waals surface area (Å²) in [5.41, 5.74) is 1.33. The molecule has 1 aliphatic heterocycles. The van der Waals surface area contributed by atoms with Crippen molar-refractivity contribution < 1.29 is 5.11 Å². The standard InChI is InChI=1S/C16H25BrN2O/c17-15-7-5-14(6-8-15)12-18-9-1-2-10-19-11-3-4-16(19)13-20/h5-8,16,18,20H,1-4,9-13H2. The number of hydrogen-bond acceptors (Lipinski definition) is 3. The lowest BCUT2D eigenvalue weighted by Crippen LogP contribution is -2.33. The van der Waals surface area contributed by atoms with Gasteiger partial charge in [0.05, 0.1) is 6.61 Å². The van der Waals surface area contributed by atoms with Gasteiger partial charge in [0.15, 0.2) is 0 Å². The molecule has 0 bridgehead atoms. The Hall–Kier alpha value is -0.420. The molecule has 2 N–H and O–H groups in total. The molecule has 1 unspecified atom stereocenters. The summed E-state index contributed by atoms with van der Waals surface area (Å²) in [7, 11) is 0. The lowest BCUT2D eigenvalue weighted by atomic mass is 10.2. The van der Waals surface area contributed by atoms with Gasteiger partial charge in [-0.05, 0) is 63.0 Å².